The summed E-state index contributed by atoms with van der Waals surface area (Å²) < 4.78 is 23.7. The van der Waals surface area contributed by atoms with E-state index in [1.54, 1.807) is 6.08 Å². The van der Waals surface area contributed by atoms with Crippen molar-refractivity contribution in [3.05, 3.63) is 12.2 Å². The Morgan fingerprint density at radius 3 is 1.17 bits per heavy atom. The number of hydrogen-bond donors (Lipinski definition) is 3. The van der Waals surface area contributed by atoms with Gasteiger partial charge < -0.3 is 19.8 Å². The van der Waals surface area contributed by atoms with Crippen molar-refractivity contribution in [1.82, 2.24) is 5.32 Å². The first-order chi connectivity index (χ1) is 30.5. The maximum absolute atomic E-state index is 13.0. The third kappa shape index (κ3) is 49.0. The number of aliphatic hydroxyl groups excluding tert-OH is 1. The van der Waals surface area contributed by atoms with Gasteiger partial charge in [-0.3, -0.25) is 13.8 Å². The minimum absolute atomic E-state index is 0.0651. The highest BCUT2D eigenvalue weighted by molar-refractivity contribution is 7.47. The number of carbonyl (C=O) groups is 1. The minimum atomic E-state index is -4.34. The van der Waals surface area contributed by atoms with Gasteiger partial charge in [0.1, 0.15) is 13.2 Å². The first-order valence-corrected chi connectivity index (χ1v) is 29.1. The van der Waals surface area contributed by atoms with Crippen LogP contribution in [-0.4, -0.2) is 73.4 Å². The molecule has 0 bridgehead atoms. The molecule has 0 fully saturated rings. The molecule has 0 spiro atoms. The Kier molecular flexibility index (Phi) is 45.8. The third-order valence-electron chi connectivity index (χ3n) is 12.8. The number of carbonyl (C=O) groups excluding carboxylic acids is 1. The van der Waals surface area contributed by atoms with Gasteiger partial charge in [0.05, 0.1) is 39.9 Å². The lowest BCUT2D eigenvalue weighted by atomic mass is 10.0. The van der Waals surface area contributed by atoms with Crippen molar-refractivity contribution in [3.8, 4) is 0 Å². The van der Waals surface area contributed by atoms with Crippen molar-refractivity contribution in [2.24, 2.45) is 0 Å². The molecule has 3 atom stereocenters. The van der Waals surface area contributed by atoms with Gasteiger partial charge in [0, 0.05) is 6.42 Å². The number of phosphoric acid groups is 1. The summed E-state index contributed by atoms with van der Waals surface area (Å²) >= 11 is 0. The quantitative estimate of drug-likeness (QED) is 0.0243. The largest absolute Gasteiger partial charge is 0.472 e. The molecule has 3 N–H and O–H groups in total. The topological polar surface area (TPSA) is 105 Å². The molecule has 0 saturated carbocycles. The molecule has 0 aromatic carbocycles. The van der Waals surface area contributed by atoms with Gasteiger partial charge >= 0.3 is 7.82 Å². The second-order valence-corrected chi connectivity index (χ2v) is 21.8. The van der Waals surface area contributed by atoms with Crippen molar-refractivity contribution in [2.75, 3.05) is 40.9 Å². The van der Waals surface area contributed by atoms with E-state index >= 15 is 0 Å². The van der Waals surface area contributed by atoms with Gasteiger partial charge in [0.2, 0.25) is 5.91 Å². The fourth-order valence-electron chi connectivity index (χ4n) is 8.40. The molecule has 376 valence electrons. The van der Waals surface area contributed by atoms with Crippen molar-refractivity contribution < 1.29 is 32.9 Å². The maximum atomic E-state index is 13.0. The lowest BCUT2D eigenvalue weighted by Crippen LogP contribution is -2.45. The Morgan fingerprint density at radius 2 is 0.841 bits per heavy atom. The zero-order valence-corrected chi connectivity index (χ0v) is 43.7. The maximum Gasteiger partial charge on any atom is 0.472 e. The predicted octanol–water partition coefficient (Wildman–Crippen LogP) is 16.3. The first kappa shape index (κ1) is 62.2. The SMILES string of the molecule is CCCCCCCCCCCCCCCCCCCCCC/C=C/C(O)C(COP(=O)(O)OCC[N+](C)(C)C)NC(=O)CCCCCCCCCCCCCCCCCCCCC. The molecule has 0 radical (unpaired) electrons. The number of likely N-dealkylation sites (N-methyl/N-ethyl adjacent to an activating group) is 1. The summed E-state index contributed by atoms with van der Waals surface area (Å²) in [7, 11) is 1.59. The first-order valence-electron chi connectivity index (χ1n) is 27.6. The Morgan fingerprint density at radius 1 is 0.524 bits per heavy atom. The van der Waals surface area contributed by atoms with Gasteiger partial charge in [-0.1, -0.05) is 264 Å². The zero-order valence-electron chi connectivity index (χ0n) is 42.8. The lowest BCUT2D eigenvalue weighted by Gasteiger charge is -2.25. The molecule has 0 aliphatic carbocycles. The van der Waals surface area contributed by atoms with Crippen LogP contribution in [0.3, 0.4) is 0 Å². The van der Waals surface area contributed by atoms with E-state index in [0.29, 0.717) is 17.4 Å². The summed E-state index contributed by atoms with van der Waals surface area (Å²) in [6.45, 7) is 4.86. The highest BCUT2D eigenvalue weighted by Crippen LogP contribution is 2.43. The molecule has 3 unspecified atom stereocenters. The van der Waals surface area contributed by atoms with Crippen LogP contribution in [-0.2, 0) is 18.4 Å². The Labute approximate surface area is 392 Å². The van der Waals surface area contributed by atoms with Crippen LogP contribution in [0, 0.1) is 0 Å². The highest BCUT2D eigenvalue weighted by Gasteiger charge is 2.27. The number of nitrogens with zero attached hydrogens (tertiary/aromatic N) is 1. The second-order valence-electron chi connectivity index (χ2n) is 20.3. The van der Waals surface area contributed by atoms with Gasteiger partial charge in [0.15, 0.2) is 0 Å². The molecule has 8 nitrogen and oxygen atoms in total. The number of amides is 1. The number of allylic oxidation sites excluding steroid dienone is 1. The Bertz CT molecular complexity index is 1040. The van der Waals surface area contributed by atoms with Crippen molar-refractivity contribution in [3.63, 3.8) is 0 Å². The van der Waals surface area contributed by atoms with E-state index in [1.807, 2.05) is 27.2 Å². The molecule has 0 saturated heterocycles. The molecule has 0 heterocycles. The van der Waals surface area contributed by atoms with Crippen LogP contribution in [0.25, 0.3) is 0 Å². The smallest absolute Gasteiger partial charge is 0.387 e. The van der Waals surface area contributed by atoms with Crippen LogP contribution in [0.2, 0.25) is 0 Å². The molecule has 0 aromatic heterocycles. The van der Waals surface area contributed by atoms with Crippen LogP contribution < -0.4 is 5.32 Å². The second kappa shape index (κ2) is 46.4. The van der Waals surface area contributed by atoms with Crippen molar-refractivity contribution >= 4 is 13.7 Å². The third-order valence-corrected chi connectivity index (χ3v) is 13.7. The number of quaternary nitrogens is 1. The van der Waals surface area contributed by atoms with E-state index in [0.717, 1.165) is 32.1 Å². The zero-order chi connectivity index (χ0) is 46.4. The average molecular weight is 914 g/mol. The number of phosphoric ester groups is 1. The van der Waals surface area contributed by atoms with Gasteiger partial charge in [-0.25, -0.2) is 4.57 Å². The molecular weight excluding hydrogens is 804 g/mol. The van der Waals surface area contributed by atoms with E-state index in [2.05, 4.69) is 19.2 Å². The monoisotopic (exact) mass is 914 g/mol. The summed E-state index contributed by atoms with van der Waals surface area (Å²) in [5.41, 5.74) is 0. The number of rotatable bonds is 51. The predicted molar refractivity (Wildman–Crippen MR) is 272 cm³/mol. The molecule has 0 aromatic rings. The summed E-state index contributed by atoms with van der Waals surface area (Å²) in [5.74, 6) is -0.171. The molecule has 0 aliphatic heterocycles. The van der Waals surface area contributed by atoms with Crippen LogP contribution in [0.1, 0.15) is 277 Å². The Hall–Kier alpha value is -0.760. The van der Waals surface area contributed by atoms with Crippen LogP contribution >= 0.6 is 7.82 Å². The van der Waals surface area contributed by atoms with Crippen molar-refractivity contribution in [2.45, 2.75) is 289 Å². The van der Waals surface area contributed by atoms with Crippen LogP contribution in [0.15, 0.2) is 12.2 Å². The van der Waals surface area contributed by atoms with Crippen molar-refractivity contribution in [1.29, 1.82) is 0 Å². The number of nitrogens with one attached hydrogen (secondary N) is 1. The highest BCUT2D eigenvalue weighted by atomic mass is 31.2. The van der Waals surface area contributed by atoms with E-state index in [-0.39, 0.29) is 19.1 Å². The fourth-order valence-corrected chi connectivity index (χ4v) is 9.13. The molecule has 9 heteroatoms. The van der Waals surface area contributed by atoms with E-state index in [9.17, 15) is 19.4 Å². The average Bonchev–Trinajstić information content (AvgIpc) is 3.24. The standard InChI is InChI=1S/C54H109N2O6P/c1-6-8-10-12-14-16-18-20-22-24-26-27-28-30-31-33-35-37-39-41-43-45-47-53(57)52(51-62-63(59,60)61-50-49-56(3,4)5)55-54(58)48-46-44-42-40-38-36-34-32-29-25-23-21-19-17-15-13-11-9-7-2/h45,47,52-53,57H,6-44,46,48-51H2,1-5H3,(H-,55,58,59,60)/p+1/b47-45+. The van der Waals surface area contributed by atoms with E-state index in [1.165, 1.54) is 225 Å². The number of hydrogen-bond acceptors (Lipinski definition) is 5. The van der Waals surface area contributed by atoms with Gasteiger partial charge in [0.25, 0.3) is 0 Å². The van der Waals surface area contributed by atoms with E-state index in [4.69, 9.17) is 9.05 Å². The summed E-state index contributed by atoms with van der Waals surface area (Å²) in [5, 5.41) is 13.9. The molecule has 1 amide bonds. The van der Waals surface area contributed by atoms with Crippen LogP contribution in [0.5, 0.6) is 0 Å². The van der Waals surface area contributed by atoms with Gasteiger partial charge in [-0.15, -0.1) is 0 Å². The minimum Gasteiger partial charge on any atom is -0.387 e. The molecule has 63 heavy (non-hydrogen) atoms. The normalized spacial score (nSPS) is 14.1. The summed E-state index contributed by atoms with van der Waals surface area (Å²) in [4.78, 5) is 23.3. The molecule has 0 rings (SSSR count). The summed E-state index contributed by atoms with van der Waals surface area (Å²) in [6, 6.07) is -0.841. The summed E-state index contributed by atoms with van der Waals surface area (Å²) in [6.07, 6.45) is 55.8. The number of aliphatic hydroxyl groups is 1. The molecule has 0 aliphatic rings. The fraction of sp³-hybridized carbons (Fsp3) is 0.944. The number of unbranched alkanes of at least 4 members (excludes halogenated alkanes) is 38. The van der Waals surface area contributed by atoms with Gasteiger partial charge in [-0.2, -0.15) is 0 Å². The lowest BCUT2D eigenvalue weighted by molar-refractivity contribution is -0.870. The van der Waals surface area contributed by atoms with E-state index < -0.39 is 20.0 Å². The molecular formula is C54H110N2O6P+. The van der Waals surface area contributed by atoms with Gasteiger partial charge in [-0.05, 0) is 19.3 Å². The Balaban J connectivity index is 4.23. The van der Waals surface area contributed by atoms with Crippen LogP contribution in [0.4, 0.5) is 0 Å².